The monoisotopic (exact) mass is 676 g/mol. The molecule has 0 atom stereocenters. The van der Waals surface area contributed by atoms with E-state index in [1.165, 1.54) is 20.3 Å². The number of nitrogens with two attached hydrogens (primary N) is 1. The number of aromatic amines is 2. The van der Waals surface area contributed by atoms with E-state index in [4.69, 9.17) is 15.6 Å². The predicted octanol–water partition coefficient (Wildman–Crippen LogP) is 5.21. The van der Waals surface area contributed by atoms with Gasteiger partial charge >= 0.3 is 17.9 Å². The first-order valence-electron chi connectivity index (χ1n) is 14.0. The lowest BCUT2D eigenvalue weighted by molar-refractivity contribution is 0.0596. The number of aryl methyl sites for hydroxylation is 2. The molecular formula is C32H32N6O7S2. The Bertz CT molecular complexity index is 2040. The second-order valence-corrected chi connectivity index (χ2v) is 12.0. The molecule has 0 spiro atoms. The minimum Gasteiger partial charge on any atom is -0.477 e. The maximum atomic E-state index is 12.3. The fraction of sp³-hybridized carbons (Fsp3) is 0.188. The largest absolute Gasteiger partial charge is 0.477 e. The van der Waals surface area contributed by atoms with Crippen LogP contribution in [0.2, 0.25) is 0 Å². The highest BCUT2D eigenvalue weighted by Gasteiger charge is 2.18. The van der Waals surface area contributed by atoms with Crippen LogP contribution in [0.4, 0.5) is 0 Å². The van der Waals surface area contributed by atoms with Crippen molar-refractivity contribution in [3.05, 3.63) is 103 Å². The van der Waals surface area contributed by atoms with Crippen LogP contribution in [0.1, 0.15) is 60.9 Å². The molecule has 2 aromatic carbocycles. The zero-order chi connectivity index (χ0) is 34.1. The highest BCUT2D eigenvalue weighted by atomic mass is 32.1. The molecule has 47 heavy (non-hydrogen) atoms. The van der Waals surface area contributed by atoms with E-state index in [9.17, 15) is 19.2 Å². The number of aromatic carboxylic acids is 1. The number of fused-ring (bicyclic) bond motifs is 2. The van der Waals surface area contributed by atoms with Gasteiger partial charge in [0, 0.05) is 23.9 Å². The van der Waals surface area contributed by atoms with Gasteiger partial charge in [-0.05, 0) is 60.4 Å². The van der Waals surface area contributed by atoms with Crippen LogP contribution in [0.25, 0.3) is 21.8 Å². The Balaban J connectivity index is 0.000000176. The number of amides is 1. The van der Waals surface area contributed by atoms with E-state index in [1.807, 2.05) is 36.4 Å². The molecule has 0 aliphatic rings. The number of rotatable bonds is 7. The summed E-state index contributed by atoms with van der Waals surface area (Å²) in [5.74, 6) is -2.15. The fourth-order valence-corrected chi connectivity index (χ4v) is 6.36. The normalized spacial score (nSPS) is 10.4. The molecule has 4 aromatic heterocycles. The molecule has 6 rings (SSSR count). The first kappa shape index (κ1) is 34.5. The van der Waals surface area contributed by atoms with Gasteiger partial charge in [0.25, 0.3) is 5.91 Å². The Morgan fingerprint density at radius 1 is 0.809 bits per heavy atom. The maximum Gasteiger partial charge on any atom is 0.348 e. The SMILES string of the molecule is COC(=O)c1sc(C(=O)NCc2cccc3[nH]ncc23)cc1C.COC(=O)c1sc(C(=O)O)cc1C.NCc1cccc2[nH]ncc12. The lowest BCUT2D eigenvalue weighted by Crippen LogP contribution is -2.21. The third-order valence-corrected chi connectivity index (χ3v) is 9.24. The van der Waals surface area contributed by atoms with Gasteiger partial charge in [-0.1, -0.05) is 24.3 Å². The van der Waals surface area contributed by atoms with Crippen LogP contribution in [0.5, 0.6) is 0 Å². The number of nitrogens with one attached hydrogen (secondary N) is 3. The number of aromatic nitrogens is 4. The third kappa shape index (κ3) is 8.26. The lowest BCUT2D eigenvalue weighted by atomic mass is 10.1. The van der Waals surface area contributed by atoms with Crippen LogP contribution < -0.4 is 11.1 Å². The molecule has 0 saturated carbocycles. The molecular weight excluding hydrogens is 645 g/mol. The van der Waals surface area contributed by atoms with E-state index in [0.29, 0.717) is 33.3 Å². The predicted molar refractivity (Wildman–Crippen MR) is 179 cm³/mol. The van der Waals surface area contributed by atoms with Gasteiger partial charge < -0.3 is 25.6 Å². The number of carbonyl (C=O) groups excluding carboxylic acids is 3. The molecule has 13 nitrogen and oxygen atoms in total. The fourth-order valence-electron chi connectivity index (χ4n) is 4.43. The van der Waals surface area contributed by atoms with Gasteiger partial charge in [0.15, 0.2) is 0 Å². The maximum absolute atomic E-state index is 12.3. The third-order valence-electron chi connectivity index (χ3n) is 6.82. The number of carboxylic acid groups (broad SMARTS) is 1. The van der Waals surface area contributed by atoms with Crippen LogP contribution in [0, 0.1) is 13.8 Å². The number of H-pyrrole nitrogens is 2. The summed E-state index contributed by atoms with van der Waals surface area (Å²) in [6, 6.07) is 14.9. The van der Waals surface area contributed by atoms with E-state index in [1.54, 1.807) is 32.3 Å². The lowest BCUT2D eigenvalue weighted by Gasteiger charge is -2.05. The number of carbonyl (C=O) groups is 4. The van der Waals surface area contributed by atoms with Gasteiger partial charge in [-0.15, -0.1) is 22.7 Å². The molecule has 15 heteroatoms. The van der Waals surface area contributed by atoms with Gasteiger partial charge in [0.1, 0.15) is 14.6 Å². The van der Waals surface area contributed by atoms with Crippen molar-refractivity contribution in [2.45, 2.75) is 26.9 Å². The topological polar surface area (TPSA) is 202 Å². The summed E-state index contributed by atoms with van der Waals surface area (Å²) in [6.07, 6.45) is 3.54. The van der Waals surface area contributed by atoms with Crippen LogP contribution in [0.15, 0.2) is 60.9 Å². The van der Waals surface area contributed by atoms with Crippen molar-refractivity contribution in [3.8, 4) is 0 Å². The number of ether oxygens (including phenoxy) is 2. The molecule has 4 heterocycles. The molecule has 0 radical (unpaired) electrons. The Kier molecular flexibility index (Phi) is 11.6. The quantitative estimate of drug-likeness (QED) is 0.140. The van der Waals surface area contributed by atoms with Crippen LogP contribution in [0.3, 0.4) is 0 Å². The van der Waals surface area contributed by atoms with Crippen molar-refractivity contribution in [2.75, 3.05) is 14.2 Å². The summed E-state index contributed by atoms with van der Waals surface area (Å²) >= 11 is 2.06. The van der Waals surface area contributed by atoms with Crippen LogP contribution in [-0.4, -0.2) is 63.5 Å². The number of thiophene rings is 2. The number of esters is 2. The Morgan fingerprint density at radius 3 is 1.79 bits per heavy atom. The summed E-state index contributed by atoms with van der Waals surface area (Å²) in [5, 5.41) is 27.3. The van der Waals surface area contributed by atoms with Crippen LogP contribution >= 0.6 is 22.7 Å². The number of nitrogens with zero attached hydrogens (tertiary/aromatic N) is 2. The van der Waals surface area contributed by atoms with Crippen molar-refractivity contribution >= 4 is 68.3 Å². The summed E-state index contributed by atoms with van der Waals surface area (Å²) in [6.45, 7) is 4.41. The zero-order valence-corrected chi connectivity index (χ0v) is 27.5. The minimum atomic E-state index is -1.02. The molecule has 244 valence electrons. The molecule has 0 aliphatic heterocycles. The van der Waals surface area contributed by atoms with E-state index in [-0.39, 0.29) is 10.8 Å². The highest BCUT2D eigenvalue weighted by Crippen LogP contribution is 2.24. The van der Waals surface area contributed by atoms with Crippen molar-refractivity contribution in [1.82, 2.24) is 25.7 Å². The van der Waals surface area contributed by atoms with Gasteiger partial charge in [-0.2, -0.15) is 10.2 Å². The van der Waals surface area contributed by atoms with E-state index in [0.717, 1.165) is 61.2 Å². The van der Waals surface area contributed by atoms with Gasteiger partial charge in [-0.3, -0.25) is 15.0 Å². The standard InChI is InChI=1S/C16H15N3O3S.C8H9N3.C8H8O4S/c1-9-6-13(23-14(9)16(21)22-2)15(20)17-7-10-4-3-5-12-11(10)8-18-19-12;9-4-6-2-1-3-8-7(6)5-10-11-8;1-4-3-5(7(9)10)13-6(4)8(11)12-2/h3-6,8H,7H2,1-2H3,(H,17,20)(H,18,19);1-3,5H,4,9H2,(H,10,11);3H,1-2H3,(H,9,10). The molecule has 1 amide bonds. The highest BCUT2D eigenvalue weighted by molar-refractivity contribution is 7.16. The van der Waals surface area contributed by atoms with Gasteiger partial charge in [0.05, 0.1) is 42.5 Å². The zero-order valence-electron chi connectivity index (χ0n) is 25.9. The first-order chi connectivity index (χ1) is 22.6. The van der Waals surface area contributed by atoms with Gasteiger partial charge in [0.2, 0.25) is 0 Å². The summed E-state index contributed by atoms with van der Waals surface area (Å²) in [5.41, 5.74) is 11.0. The van der Waals surface area contributed by atoms with E-state index in [2.05, 4.69) is 30.4 Å². The molecule has 0 bridgehead atoms. The summed E-state index contributed by atoms with van der Waals surface area (Å²) in [4.78, 5) is 46.9. The molecule has 0 saturated heterocycles. The second-order valence-electron chi connectivity index (χ2n) is 9.92. The Morgan fingerprint density at radius 2 is 1.30 bits per heavy atom. The summed E-state index contributed by atoms with van der Waals surface area (Å²) < 4.78 is 9.20. The number of methoxy groups -OCH3 is 2. The molecule has 6 aromatic rings. The molecule has 0 fully saturated rings. The van der Waals surface area contributed by atoms with Crippen molar-refractivity contribution in [2.24, 2.45) is 5.73 Å². The smallest absolute Gasteiger partial charge is 0.348 e. The average molecular weight is 677 g/mol. The van der Waals surface area contributed by atoms with E-state index < -0.39 is 17.9 Å². The molecule has 0 aliphatic carbocycles. The number of carboxylic acids is 1. The molecule has 6 N–H and O–H groups in total. The van der Waals surface area contributed by atoms with Crippen molar-refractivity contribution in [1.29, 1.82) is 0 Å². The average Bonchev–Trinajstić information content (AvgIpc) is 3.89. The Labute approximate surface area is 276 Å². The van der Waals surface area contributed by atoms with Crippen molar-refractivity contribution < 1.29 is 33.8 Å². The number of hydrogen-bond donors (Lipinski definition) is 5. The number of hydrogen-bond acceptors (Lipinski definition) is 11. The molecule has 0 unspecified atom stereocenters. The van der Waals surface area contributed by atoms with E-state index >= 15 is 0 Å². The van der Waals surface area contributed by atoms with Crippen LogP contribution in [-0.2, 0) is 22.6 Å². The Hall–Kier alpha value is -5.38. The summed E-state index contributed by atoms with van der Waals surface area (Å²) in [7, 11) is 2.59. The number of benzene rings is 2. The second kappa shape index (κ2) is 15.8. The van der Waals surface area contributed by atoms with Crippen molar-refractivity contribution in [3.63, 3.8) is 0 Å². The van der Waals surface area contributed by atoms with Gasteiger partial charge in [-0.25, -0.2) is 14.4 Å². The first-order valence-corrected chi connectivity index (χ1v) is 15.6. The minimum absolute atomic E-state index is 0.151.